The number of halogens is 1. The summed E-state index contributed by atoms with van der Waals surface area (Å²) >= 11 is 0. The molecule has 1 fully saturated rings. The largest absolute Gasteiger partial charge is 0.450 e. The van der Waals surface area contributed by atoms with Gasteiger partial charge in [0.1, 0.15) is 5.82 Å². The molecule has 6 N–H and O–H groups in total. The molecule has 2 aliphatic rings. The molecule has 1 aromatic heterocycles. The van der Waals surface area contributed by atoms with Crippen molar-refractivity contribution in [2.45, 2.75) is 31.7 Å². The number of fused-ring (bicyclic) bond motifs is 2. The van der Waals surface area contributed by atoms with Crippen LogP contribution in [0.5, 0.6) is 11.5 Å². The van der Waals surface area contributed by atoms with Crippen LogP contribution in [0.2, 0.25) is 0 Å². The molecule has 3 heterocycles. The fourth-order valence-electron chi connectivity index (χ4n) is 5.00. The Morgan fingerprint density at radius 1 is 1.12 bits per heavy atom. The van der Waals surface area contributed by atoms with E-state index >= 15 is 0 Å². The number of aromatic nitrogens is 2. The van der Waals surface area contributed by atoms with Crippen LogP contribution in [0, 0.1) is 11.2 Å². The average molecular weight is 549 g/mol. The summed E-state index contributed by atoms with van der Waals surface area (Å²) in [5.41, 5.74) is 6.89. The summed E-state index contributed by atoms with van der Waals surface area (Å²) in [5, 5.41) is 16.0. The van der Waals surface area contributed by atoms with E-state index < -0.39 is 0 Å². The highest BCUT2D eigenvalue weighted by molar-refractivity contribution is 5.96. The molecule has 40 heavy (non-hydrogen) atoms. The molecule has 2 aliphatic heterocycles. The van der Waals surface area contributed by atoms with Crippen LogP contribution in [0.25, 0.3) is 0 Å². The number of anilines is 2. The summed E-state index contributed by atoms with van der Waals surface area (Å²) in [4.78, 5) is 32.2. The van der Waals surface area contributed by atoms with Crippen molar-refractivity contribution in [3.8, 4) is 11.5 Å². The lowest BCUT2D eigenvalue weighted by Crippen LogP contribution is -2.39. The summed E-state index contributed by atoms with van der Waals surface area (Å²) in [6.45, 7) is 3.71. The Morgan fingerprint density at radius 3 is 2.65 bits per heavy atom. The number of nitrogens with zero attached hydrogens (tertiary/aromatic N) is 3. The topological polar surface area (TPSA) is 150 Å². The molecule has 1 saturated heterocycles. The van der Waals surface area contributed by atoms with Crippen molar-refractivity contribution >= 4 is 23.4 Å². The molecular formula is C28H33FN8O3. The van der Waals surface area contributed by atoms with Gasteiger partial charge >= 0.3 is 5.69 Å². The van der Waals surface area contributed by atoms with Gasteiger partial charge in [0.15, 0.2) is 23.3 Å². The number of nitrogens with two attached hydrogens (primary N) is 1. The third kappa shape index (κ3) is 6.57. The number of likely N-dealkylation sites (tertiary alicyclic amines) is 1. The fraction of sp³-hybridized carbons (Fsp3) is 0.357. The van der Waals surface area contributed by atoms with Crippen LogP contribution in [0.3, 0.4) is 0 Å². The van der Waals surface area contributed by atoms with Crippen LogP contribution in [0.15, 0.2) is 53.5 Å². The molecule has 0 radical (unpaired) electrons. The number of benzene rings is 2. The minimum absolute atomic E-state index is 0.0155. The molecule has 0 atom stereocenters. The van der Waals surface area contributed by atoms with Crippen molar-refractivity contribution in [2.75, 3.05) is 38.0 Å². The summed E-state index contributed by atoms with van der Waals surface area (Å²) in [5.74, 6) is 0.760. The SMILES string of the molecule is N=C(N)NCCCN1CCC(n2cc3c(nc2=O)Nc2cc(C(=O)NCCc4ccc(F)cc4)ccc2O3)CC1. The Morgan fingerprint density at radius 2 is 1.90 bits per heavy atom. The number of ether oxygens (including phenoxy) is 1. The Hall–Kier alpha value is -4.45. The second-order valence-electron chi connectivity index (χ2n) is 9.98. The zero-order valence-corrected chi connectivity index (χ0v) is 22.1. The number of amides is 1. The Labute approximate surface area is 231 Å². The number of piperidine rings is 1. The standard InChI is InChI=1S/C28H33FN8O3/c29-20-5-2-18(3-6-20)8-12-32-26(38)19-4-7-23-22(16-19)34-25-24(40-23)17-37(28(39)35-25)21-9-14-36(15-10-21)13-1-11-33-27(30)31/h2-7,16-17,21H,1,8-15H2,(H,32,38)(H4,30,31,33)(H,34,35,39). The second kappa shape index (κ2) is 12.2. The molecule has 0 spiro atoms. The van der Waals surface area contributed by atoms with Gasteiger partial charge in [-0.2, -0.15) is 4.98 Å². The van der Waals surface area contributed by atoms with Crippen molar-refractivity contribution in [2.24, 2.45) is 5.73 Å². The van der Waals surface area contributed by atoms with Gasteiger partial charge in [0.05, 0.1) is 11.9 Å². The smallest absolute Gasteiger partial charge is 0.350 e. The molecule has 0 aliphatic carbocycles. The minimum atomic E-state index is -0.350. The lowest BCUT2D eigenvalue weighted by atomic mass is 10.0. The van der Waals surface area contributed by atoms with Crippen LogP contribution >= 0.6 is 0 Å². The summed E-state index contributed by atoms with van der Waals surface area (Å²) < 4.78 is 20.8. The maximum absolute atomic E-state index is 13.1. The quantitative estimate of drug-likeness (QED) is 0.122. The van der Waals surface area contributed by atoms with E-state index in [1.54, 1.807) is 41.1 Å². The van der Waals surface area contributed by atoms with Gasteiger partial charge < -0.3 is 31.3 Å². The zero-order valence-electron chi connectivity index (χ0n) is 22.1. The first-order valence-corrected chi connectivity index (χ1v) is 13.4. The predicted molar refractivity (Wildman–Crippen MR) is 150 cm³/mol. The van der Waals surface area contributed by atoms with Crippen molar-refractivity contribution in [1.29, 1.82) is 5.41 Å². The van der Waals surface area contributed by atoms with E-state index in [1.807, 2.05) is 0 Å². The maximum atomic E-state index is 13.1. The van der Waals surface area contributed by atoms with E-state index in [4.69, 9.17) is 15.9 Å². The van der Waals surface area contributed by atoms with Crippen LogP contribution in [-0.4, -0.2) is 59.0 Å². The van der Waals surface area contributed by atoms with Gasteiger partial charge in [-0.3, -0.25) is 14.8 Å². The van der Waals surface area contributed by atoms with Crippen molar-refractivity contribution < 1.29 is 13.9 Å². The maximum Gasteiger partial charge on any atom is 0.350 e. The number of hydrogen-bond donors (Lipinski definition) is 5. The first-order chi connectivity index (χ1) is 19.4. The first-order valence-electron chi connectivity index (χ1n) is 13.4. The lowest BCUT2D eigenvalue weighted by molar-refractivity contribution is 0.0954. The molecule has 0 bridgehead atoms. The van der Waals surface area contributed by atoms with E-state index in [9.17, 15) is 14.0 Å². The van der Waals surface area contributed by atoms with Gasteiger partial charge in [-0.25, -0.2) is 9.18 Å². The molecule has 210 valence electrons. The number of carbonyl (C=O) groups is 1. The highest BCUT2D eigenvalue weighted by Crippen LogP contribution is 2.41. The first kappa shape index (κ1) is 27.1. The third-order valence-corrected chi connectivity index (χ3v) is 7.16. The van der Waals surface area contributed by atoms with Crippen LogP contribution in [0.4, 0.5) is 15.9 Å². The number of rotatable bonds is 9. The Bertz CT molecular complexity index is 1430. The van der Waals surface area contributed by atoms with Gasteiger partial charge in [0.2, 0.25) is 0 Å². The van der Waals surface area contributed by atoms with Crippen molar-refractivity contribution in [1.82, 2.24) is 25.1 Å². The summed E-state index contributed by atoms with van der Waals surface area (Å²) in [6, 6.07) is 11.3. The Kier molecular flexibility index (Phi) is 8.25. The molecule has 11 nitrogen and oxygen atoms in total. The molecule has 12 heteroatoms. The highest BCUT2D eigenvalue weighted by atomic mass is 19.1. The fourth-order valence-corrected chi connectivity index (χ4v) is 5.00. The highest BCUT2D eigenvalue weighted by Gasteiger charge is 2.25. The van der Waals surface area contributed by atoms with Crippen LogP contribution < -0.4 is 32.1 Å². The van der Waals surface area contributed by atoms with Crippen molar-refractivity contribution in [3.63, 3.8) is 0 Å². The van der Waals surface area contributed by atoms with E-state index in [1.165, 1.54) is 12.1 Å². The third-order valence-electron chi connectivity index (χ3n) is 7.16. The molecule has 2 aromatic carbocycles. The molecule has 0 saturated carbocycles. The van der Waals surface area contributed by atoms with Gasteiger partial charge in [0, 0.05) is 37.8 Å². The Balaban J connectivity index is 1.17. The van der Waals surface area contributed by atoms with Crippen LogP contribution in [-0.2, 0) is 6.42 Å². The predicted octanol–water partition coefficient (Wildman–Crippen LogP) is 2.71. The van der Waals surface area contributed by atoms with Gasteiger partial charge in [-0.15, -0.1) is 0 Å². The van der Waals surface area contributed by atoms with E-state index in [-0.39, 0.29) is 29.4 Å². The van der Waals surface area contributed by atoms with Gasteiger partial charge in [-0.05, 0) is 68.1 Å². The second-order valence-corrected chi connectivity index (χ2v) is 9.98. The van der Waals surface area contributed by atoms with Gasteiger partial charge in [-0.1, -0.05) is 12.1 Å². The van der Waals surface area contributed by atoms with Crippen LogP contribution in [0.1, 0.15) is 41.2 Å². The normalized spacial score (nSPS) is 14.8. The lowest BCUT2D eigenvalue weighted by Gasteiger charge is -2.33. The number of nitrogens with one attached hydrogen (secondary N) is 4. The van der Waals surface area contributed by atoms with Crippen molar-refractivity contribution in [3.05, 3.63) is 76.1 Å². The molecule has 3 aromatic rings. The zero-order chi connectivity index (χ0) is 28.1. The van der Waals surface area contributed by atoms with Gasteiger partial charge in [0.25, 0.3) is 5.91 Å². The van der Waals surface area contributed by atoms with E-state index in [0.717, 1.165) is 44.5 Å². The number of hydrogen-bond acceptors (Lipinski definition) is 7. The minimum Gasteiger partial charge on any atom is -0.450 e. The molecular weight excluding hydrogens is 515 g/mol. The average Bonchev–Trinajstić information content (AvgIpc) is 2.95. The number of carbonyl (C=O) groups excluding carboxylic acids is 1. The molecule has 1 amide bonds. The summed E-state index contributed by atoms with van der Waals surface area (Å²) in [7, 11) is 0. The molecule has 0 unspecified atom stereocenters. The van der Waals surface area contributed by atoms with E-state index in [0.29, 0.717) is 48.1 Å². The summed E-state index contributed by atoms with van der Waals surface area (Å²) in [6.07, 6.45) is 4.84. The number of guanidine groups is 1. The molecule has 5 rings (SSSR count). The van der Waals surface area contributed by atoms with E-state index in [2.05, 4.69) is 25.8 Å². The monoisotopic (exact) mass is 548 g/mol.